The molecule has 0 aliphatic carbocycles. The lowest BCUT2D eigenvalue weighted by Gasteiger charge is -2.35. The molecule has 0 saturated carbocycles. The average molecular weight is 409 g/mol. The largest absolute Gasteiger partial charge is 0.334 e. The summed E-state index contributed by atoms with van der Waals surface area (Å²) in [5.74, 6) is 0.701. The molecule has 1 aliphatic heterocycles. The number of likely N-dealkylation sites (tertiary alicyclic amines) is 1. The highest BCUT2D eigenvalue weighted by Crippen LogP contribution is 2.31. The summed E-state index contributed by atoms with van der Waals surface area (Å²) < 4.78 is 0. The minimum atomic E-state index is 0.0490. The van der Waals surface area contributed by atoms with Crippen LogP contribution in [0, 0.1) is 0 Å². The second-order valence-electron chi connectivity index (χ2n) is 6.43. The standard InChI is InChI=1S/C20H22Cl2N2OS/c1-2-16-7-3-4-11-24(16)20(25)18-8-5-6-15(23-18)13-26-19-10-9-14(21)12-17(19)22/h5-6,8-10,12,16H,2-4,7,11,13H2,1H3. The van der Waals surface area contributed by atoms with E-state index >= 15 is 0 Å². The van der Waals surface area contributed by atoms with Crippen LogP contribution in [0.3, 0.4) is 0 Å². The Morgan fingerprint density at radius 1 is 1.27 bits per heavy atom. The van der Waals surface area contributed by atoms with Crippen LogP contribution in [0.4, 0.5) is 0 Å². The molecule has 0 bridgehead atoms. The molecule has 3 nitrogen and oxygen atoms in total. The van der Waals surface area contributed by atoms with Crippen molar-refractivity contribution in [3.8, 4) is 0 Å². The number of amides is 1. The minimum absolute atomic E-state index is 0.0490. The number of halogens is 2. The molecule has 1 atom stereocenters. The zero-order valence-electron chi connectivity index (χ0n) is 14.8. The molecular weight excluding hydrogens is 387 g/mol. The van der Waals surface area contributed by atoms with E-state index in [0.717, 1.165) is 36.4 Å². The van der Waals surface area contributed by atoms with E-state index in [9.17, 15) is 4.79 Å². The van der Waals surface area contributed by atoms with Crippen molar-refractivity contribution in [2.45, 2.75) is 49.3 Å². The number of nitrogens with zero attached hydrogens (tertiary/aromatic N) is 2. The van der Waals surface area contributed by atoms with Crippen LogP contribution in [0.5, 0.6) is 0 Å². The molecule has 1 aromatic heterocycles. The molecule has 1 unspecified atom stereocenters. The third kappa shape index (κ3) is 4.73. The van der Waals surface area contributed by atoms with Gasteiger partial charge in [0, 0.05) is 28.3 Å². The van der Waals surface area contributed by atoms with Crippen LogP contribution in [0.1, 0.15) is 48.8 Å². The van der Waals surface area contributed by atoms with Gasteiger partial charge in [-0.05, 0) is 56.0 Å². The van der Waals surface area contributed by atoms with Crippen LogP contribution in [0.15, 0.2) is 41.3 Å². The van der Waals surface area contributed by atoms with Gasteiger partial charge in [-0.3, -0.25) is 4.79 Å². The molecule has 0 spiro atoms. The zero-order chi connectivity index (χ0) is 18.5. The summed E-state index contributed by atoms with van der Waals surface area (Å²) in [5.41, 5.74) is 1.41. The van der Waals surface area contributed by atoms with Crippen molar-refractivity contribution in [1.82, 2.24) is 9.88 Å². The Morgan fingerprint density at radius 3 is 2.88 bits per heavy atom. The topological polar surface area (TPSA) is 33.2 Å². The molecule has 0 radical (unpaired) electrons. The van der Waals surface area contributed by atoms with Crippen molar-refractivity contribution in [3.63, 3.8) is 0 Å². The Morgan fingerprint density at radius 2 is 2.12 bits per heavy atom. The van der Waals surface area contributed by atoms with Gasteiger partial charge >= 0.3 is 0 Å². The summed E-state index contributed by atoms with van der Waals surface area (Å²) >= 11 is 13.8. The lowest BCUT2D eigenvalue weighted by Crippen LogP contribution is -2.43. The van der Waals surface area contributed by atoms with Gasteiger partial charge < -0.3 is 4.90 Å². The van der Waals surface area contributed by atoms with E-state index in [4.69, 9.17) is 23.2 Å². The Kier molecular flexibility index (Phi) is 6.85. The normalized spacial score (nSPS) is 17.3. The lowest BCUT2D eigenvalue weighted by atomic mass is 9.99. The Bertz CT molecular complexity index is 784. The summed E-state index contributed by atoms with van der Waals surface area (Å²) in [7, 11) is 0. The molecule has 1 fully saturated rings. The van der Waals surface area contributed by atoms with E-state index in [1.807, 2.05) is 35.2 Å². The molecule has 3 rings (SSSR count). The van der Waals surface area contributed by atoms with Crippen LogP contribution in [0.2, 0.25) is 10.0 Å². The predicted molar refractivity (Wildman–Crippen MR) is 109 cm³/mol. The molecule has 1 saturated heterocycles. The first-order valence-electron chi connectivity index (χ1n) is 8.93. The van der Waals surface area contributed by atoms with Crippen molar-refractivity contribution in [1.29, 1.82) is 0 Å². The van der Waals surface area contributed by atoms with Gasteiger partial charge in [0.2, 0.25) is 0 Å². The fourth-order valence-corrected chi connectivity index (χ4v) is 4.66. The maximum atomic E-state index is 12.9. The summed E-state index contributed by atoms with van der Waals surface area (Å²) in [6.45, 7) is 2.98. The van der Waals surface area contributed by atoms with Crippen molar-refractivity contribution in [3.05, 3.63) is 57.8 Å². The monoisotopic (exact) mass is 408 g/mol. The van der Waals surface area contributed by atoms with Crippen LogP contribution >= 0.6 is 35.0 Å². The molecule has 1 aliphatic rings. The minimum Gasteiger partial charge on any atom is -0.334 e. The Balaban J connectivity index is 1.70. The van der Waals surface area contributed by atoms with Crippen molar-refractivity contribution >= 4 is 40.9 Å². The maximum absolute atomic E-state index is 12.9. The molecule has 2 aromatic rings. The first kappa shape index (κ1) is 19.5. The number of benzene rings is 1. The molecule has 2 heterocycles. The van der Waals surface area contributed by atoms with Crippen molar-refractivity contribution in [2.24, 2.45) is 0 Å². The smallest absolute Gasteiger partial charge is 0.272 e. The molecular formula is C20H22Cl2N2OS. The second-order valence-corrected chi connectivity index (χ2v) is 8.29. The number of pyridine rings is 1. The van der Waals surface area contributed by atoms with E-state index in [-0.39, 0.29) is 5.91 Å². The lowest BCUT2D eigenvalue weighted by molar-refractivity contribution is 0.0601. The first-order valence-corrected chi connectivity index (χ1v) is 10.7. The zero-order valence-corrected chi connectivity index (χ0v) is 17.1. The van der Waals surface area contributed by atoms with E-state index in [0.29, 0.717) is 27.5 Å². The van der Waals surface area contributed by atoms with Crippen molar-refractivity contribution in [2.75, 3.05) is 6.54 Å². The quantitative estimate of drug-likeness (QED) is 0.561. The molecule has 138 valence electrons. The van der Waals surface area contributed by atoms with Gasteiger partial charge in [0.1, 0.15) is 5.69 Å². The first-order chi connectivity index (χ1) is 12.6. The van der Waals surface area contributed by atoms with E-state index in [1.54, 1.807) is 17.8 Å². The fourth-order valence-electron chi connectivity index (χ4n) is 3.26. The number of piperidine rings is 1. The number of rotatable bonds is 5. The van der Waals surface area contributed by atoms with Crippen LogP contribution < -0.4 is 0 Å². The summed E-state index contributed by atoms with van der Waals surface area (Å²) in [4.78, 5) is 20.5. The van der Waals surface area contributed by atoms with E-state index in [1.165, 1.54) is 6.42 Å². The summed E-state index contributed by atoms with van der Waals surface area (Å²) in [6, 6.07) is 11.5. The molecule has 0 N–H and O–H groups in total. The maximum Gasteiger partial charge on any atom is 0.272 e. The Hall–Kier alpha value is -1.23. The summed E-state index contributed by atoms with van der Waals surface area (Å²) in [6.07, 6.45) is 4.37. The van der Waals surface area contributed by atoms with Crippen LogP contribution in [0.25, 0.3) is 0 Å². The SMILES string of the molecule is CCC1CCCCN1C(=O)c1cccc(CSc2ccc(Cl)cc2Cl)n1. The number of thioether (sulfide) groups is 1. The number of hydrogen-bond acceptors (Lipinski definition) is 3. The second kappa shape index (κ2) is 9.12. The number of carbonyl (C=O) groups is 1. The predicted octanol–water partition coefficient (Wildman–Crippen LogP) is 6.09. The third-order valence-electron chi connectivity index (χ3n) is 4.65. The summed E-state index contributed by atoms with van der Waals surface area (Å²) in [5, 5.41) is 1.26. The van der Waals surface area contributed by atoms with Gasteiger partial charge in [-0.2, -0.15) is 0 Å². The van der Waals surface area contributed by atoms with Crippen molar-refractivity contribution < 1.29 is 4.79 Å². The van der Waals surface area contributed by atoms with Gasteiger partial charge in [0.15, 0.2) is 0 Å². The highest BCUT2D eigenvalue weighted by Gasteiger charge is 2.26. The fraction of sp³-hybridized carbons (Fsp3) is 0.400. The van der Waals surface area contributed by atoms with Crippen LogP contribution in [-0.4, -0.2) is 28.4 Å². The van der Waals surface area contributed by atoms with Crippen LogP contribution in [-0.2, 0) is 5.75 Å². The number of aromatic nitrogens is 1. The number of carbonyl (C=O) groups excluding carboxylic acids is 1. The van der Waals surface area contributed by atoms with E-state index in [2.05, 4.69) is 11.9 Å². The van der Waals surface area contributed by atoms with Gasteiger partial charge in [-0.15, -0.1) is 11.8 Å². The Labute approximate surface area is 169 Å². The third-order valence-corrected chi connectivity index (χ3v) is 6.42. The van der Waals surface area contributed by atoms with Gasteiger partial charge in [-0.25, -0.2) is 4.98 Å². The van der Waals surface area contributed by atoms with Gasteiger partial charge in [0.25, 0.3) is 5.91 Å². The highest BCUT2D eigenvalue weighted by molar-refractivity contribution is 7.98. The highest BCUT2D eigenvalue weighted by atomic mass is 35.5. The molecule has 1 amide bonds. The molecule has 6 heteroatoms. The van der Waals surface area contributed by atoms with E-state index < -0.39 is 0 Å². The van der Waals surface area contributed by atoms with Gasteiger partial charge in [-0.1, -0.05) is 36.2 Å². The molecule has 1 aromatic carbocycles. The average Bonchev–Trinajstić information content (AvgIpc) is 2.67. The van der Waals surface area contributed by atoms with Gasteiger partial charge in [0.05, 0.1) is 10.7 Å². The number of hydrogen-bond donors (Lipinski definition) is 0. The molecule has 26 heavy (non-hydrogen) atoms.